The minimum absolute atomic E-state index is 0.100. The maximum Gasteiger partial charge on any atom is 0.281 e. The van der Waals surface area contributed by atoms with Crippen molar-refractivity contribution in [2.24, 2.45) is 5.92 Å². The lowest BCUT2D eigenvalue weighted by molar-refractivity contribution is -0.405. The number of carboxylic acids is 2. The number of rotatable bonds is 13. The van der Waals surface area contributed by atoms with Crippen molar-refractivity contribution >= 4 is 35.6 Å². The predicted molar refractivity (Wildman–Crippen MR) is 146 cm³/mol. The molecule has 3 rings (SSSR count). The molecule has 1 aromatic rings. The van der Waals surface area contributed by atoms with Gasteiger partial charge in [-0.2, -0.15) is 0 Å². The van der Waals surface area contributed by atoms with Crippen LogP contribution in [0.5, 0.6) is 5.75 Å². The first-order valence-corrected chi connectivity index (χ1v) is 14.5. The monoisotopic (exact) mass is 602 g/mol. The van der Waals surface area contributed by atoms with Crippen LogP contribution in [0.2, 0.25) is 0 Å². The smallest absolute Gasteiger partial charge is 0.281 e. The van der Waals surface area contributed by atoms with E-state index in [0.29, 0.717) is 32.2 Å². The standard InChI is InChI=1S/C29H41N5O9/c1-16(2)24(26(39)31-20(11-12-23(36)37)28(41)34-14-4-6-22(34)29(42)43)32-25(38)21-5-3-13-33(21)27(40)19(30)15-17-7-9-18(35)10-8-17/h7-10,16,19-22,24,35H,3-6,11-15,30H2,1-2H3,(H,31,39)(H,32,38)(H,36,37)(H,42,43)/p-1/t19-,20-,21-,22-,24-/m0/s1. The lowest BCUT2D eigenvalue weighted by atomic mass is 10.0. The Morgan fingerprint density at radius 3 is 2.07 bits per heavy atom. The Labute approximate surface area is 249 Å². The van der Waals surface area contributed by atoms with Gasteiger partial charge in [0.2, 0.25) is 17.7 Å². The number of nitrogens with one attached hydrogen (secondary N) is 2. The quantitative estimate of drug-likeness (QED) is 0.175. The van der Waals surface area contributed by atoms with E-state index in [-0.39, 0.29) is 31.0 Å². The third-order valence-electron chi connectivity index (χ3n) is 7.91. The van der Waals surface area contributed by atoms with E-state index in [2.05, 4.69) is 16.4 Å². The van der Waals surface area contributed by atoms with Crippen LogP contribution in [0.15, 0.2) is 24.3 Å². The van der Waals surface area contributed by atoms with Crippen LogP contribution in [-0.4, -0.2) is 93.8 Å². The molecule has 1 aromatic carbocycles. The number of carbonyl (C=O) groups is 6. The van der Waals surface area contributed by atoms with E-state index in [1.54, 1.807) is 26.0 Å². The van der Waals surface area contributed by atoms with Gasteiger partial charge in [-0.1, -0.05) is 26.0 Å². The Balaban J connectivity index is 1.69. The van der Waals surface area contributed by atoms with Crippen LogP contribution in [0.25, 0.3) is 0 Å². The van der Waals surface area contributed by atoms with Crippen LogP contribution >= 0.6 is 0 Å². The molecule has 4 amide bonds. The molecule has 14 heteroatoms. The lowest BCUT2D eigenvalue weighted by Crippen LogP contribution is -2.70. The number of amides is 4. The average molecular weight is 603 g/mol. The SMILES string of the molecule is CC(C)[C@H](NC(=O)[C@@H]1CCCN1C(=O)[C@@H]([NH3+])Cc1ccc(O)cc1)C(=O)N[C@@H](CCC(=O)[O-])C(=O)N1CCC[C@H]1C(=O)[O-]. The van der Waals surface area contributed by atoms with Crippen LogP contribution in [0.3, 0.4) is 0 Å². The summed E-state index contributed by atoms with van der Waals surface area (Å²) in [5.41, 5.74) is 4.76. The first kappa shape index (κ1) is 33.3. The molecule has 2 fully saturated rings. The number of carbonyl (C=O) groups excluding carboxylic acids is 6. The molecule has 2 aliphatic rings. The molecular weight excluding hydrogens is 562 g/mol. The Morgan fingerprint density at radius 1 is 0.930 bits per heavy atom. The number of aliphatic carboxylic acids is 2. The Kier molecular flexibility index (Phi) is 11.5. The molecule has 0 spiro atoms. The molecule has 2 saturated heterocycles. The molecule has 2 aliphatic heterocycles. The molecule has 0 bridgehead atoms. The number of hydrogen-bond donors (Lipinski definition) is 4. The number of phenols is 1. The van der Waals surface area contributed by atoms with Crippen LogP contribution in [-0.2, 0) is 35.2 Å². The summed E-state index contributed by atoms with van der Waals surface area (Å²) in [7, 11) is 0. The van der Waals surface area contributed by atoms with Gasteiger partial charge in [-0.05, 0) is 62.1 Å². The topological polar surface area (TPSA) is 227 Å². The van der Waals surface area contributed by atoms with Crippen molar-refractivity contribution in [1.29, 1.82) is 0 Å². The fraction of sp³-hybridized carbons (Fsp3) is 0.586. The van der Waals surface area contributed by atoms with Gasteiger partial charge in [0.25, 0.3) is 5.91 Å². The number of likely N-dealkylation sites (tertiary alicyclic amines) is 2. The molecule has 0 aliphatic carbocycles. The van der Waals surface area contributed by atoms with E-state index in [4.69, 9.17) is 0 Å². The number of carboxylic acid groups (broad SMARTS) is 2. The number of hydrogen-bond acceptors (Lipinski definition) is 9. The summed E-state index contributed by atoms with van der Waals surface area (Å²) >= 11 is 0. The van der Waals surface area contributed by atoms with Crippen LogP contribution in [0.1, 0.15) is 57.9 Å². The highest BCUT2D eigenvalue weighted by Gasteiger charge is 2.40. The largest absolute Gasteiger partial charge is 0.550 e. The van der Waals surface area contributed by atoms with E-state index >= 15 is 0 Å². The first-order valence-electron chi connectivity index (χ1n) is 14.5. The van der Waals surface area contributed by atoms with Crippen molar-refractivity contribution in [2.75, 3.05) is 13.1 Å². The second-order valence-electron chi connectivity index (χ2n) is 11.5. The van der Waals surface area contributed by atoms with Gasteiger partial charge in [-0.25, -0.2) is 0 Å². The van der Waals surface area contributed by atoms with Gasteiger partial charge in [0.15, 0.2) is 6.04 Å². The van der Waals surface area contributed by atoms with Crippen molar-refractivity contribution < 1.29 is 49.8 Å². The van der Waals surface area contributed by atoms with Gasteiger partial charge in [0.05, 0.1) is 12.0 Å². The zero-order valence-corrected chi connectivity index (χ0v) is 24.5. The highest BCUT2D eigenvalue weighted by Crippen LogP contribution is 2.21. The molecule has 43 heavy (non-hydrogen) atoms. The van der Waals surface area contributed by atoms with E-state index in [9.17, 15) is 44.1 Å². The second-order valence-corrected chi connectivity index (χ2v) is 11.5. The minimum Gasteiger partial charge on any atom is -0.550 e. The minimum atomic E-state index is -1.45. The third kappa shape index (κ3) is 8.66. The Morgan fingerprint density at radius 2 is 1.51 bits per heavy atom. The normalized spacial score (nSPS) is 20.4. The number of quaternary nitrogens is 1. The van der Waals surface area contributed by atoms with Gasteiger partial charge >= 0.3 is 0 Å². The fourth-order valence-corrected chi connectivity index (χ4v) is 5.58. The molecule has 14 nitrogen and oxygen atoms in total. The molecule has 5 atom stereocenters. The lowest BCUT2D eigenvalue weighted by Gasteiger charge is -2.32. The summed E-state index contributed by atoms with van der Waals surface area (Å²) < 4.78 is 0. The maximum atomic E-state index is 13.4. The zero-order valence-electron chi connectivity index (χ0n) is 24.5. The number of phenolic OH excluding ortho intramolecular Hbond substituents is 1. The van der Waals surface area contributed by atoms with Crippen molar-refractivity contribution in [3.05, 3.63) is 29.8 Å². The highest BCUT2D eigenvalue weighted by molar-refractivity contribution is 5.95. The maximum absolute atomic E-state index is 13.4. The number of aromatic hydroxyl groups is 1. The summed E-state index contributed by atoms with van der Waals surface area (Å²) in [5, 5.41) is 37.3. The van der Waals surface area contributed by atoms with Gasteiger partial charge < -0.3 is 51.1 Å². The molecule has 0 radical (unpaired) electrons. The molecule has 0 saturated carbocycles. The van der Waals surface area contributed by atoms with Crippen molar-refractivity contribution in [2.45, 2.75) is 89.0 Å². The fourth-order valence-electron chi connectivity index (χ4n) is 5.58. The van der Waals surface area contributed by atoms with Crippen molar-refractivity contribution in [3.63, 3.8) is 0 Å². The molecule has 0 aromatic heterocycles. The third-order valence-corrected chi connectivity index (χ3v) is 7.91. The van der Waals surface area contributed by atoms with Gasteiger partial charge in [0, 0.05) is 25.5 Å². The van der Waals surface area contributed by atoms with E-state index in [0.717, 1.165) is 10.5 Å². The van der Waals surface area contributed by atoms with Gasteiger partial charge in [-0.3, -0.25) is 19.2 Å². The highest BCUT2D eigenvalue weighted by atomic mass is 16.4. The number of nitrogens with zero attached hydrogens (tertiary/aromatic N) is 2. The van der Waals surface area contributed by atoms with E-state index < -0.39 is 72.2 Å². The summed E-state index contributed by atoms with van der Waals surface area (Å²) in [6.45, 7) is 3.81. The molecule has 6 N–H and O–H groups in total. The summed E-state index contributed by atoms with van der Waals surface area (Å²) in [6, 6.07) is 1.20. The zero-order chi connectivity index (χ0) is 31.8. The Hall–Kier alpha value is -4.20. The van der Waals surface area contributed by atoms with Crippen molar-refractivity contribution in [3.8, 4) is 5.75 Å². The summed E-state index contributed by atoms with van der Waals surface area (Å²) in [5.74, 6) is -5.61. The van der Waals surface area contributed by atoms with Crippen molar-refractivity contribution in [1.82, 2.24) is 20.4 Å². The molecular formula is C29H40N5O9-. The average Bonchev–Trinajstić information content (AvgIpc) is 3.64. The van der Waals surface area contributed by atoms with Crippen LogP contribution in [0, 0.1) is 5.92 Å². The van der Waals surface area contributed by atoms with E-state index in [1.807, 2.05) is 0 Å². The van der Waals surface area contributed by atoms with Gasteiger partial charge in [0.1, 0.15) is 23.9 Å². The molecule has 0 unspecified atom stereocenters. The predicted octanol–water partition coefficient (Wildman–Crippen LogP) is -3.57. The van der Waals surface area contributed by atoms with Crippen LogP contribution in [0.4, 0.5) is 0 Å². The first-order chi connectivity index (χ1) is 20.3. The van der Waals surface area contributed by atoms with Gasteiger partial charge in [-0.15, -0.1) is 0 Å². The summed E-state index contributed by atoms with van der Waals surface area (Å²) in [6.07, 6.45) is 0.951. The molecule has 236 valence electrons. The molecule has 2 heterocycles. The van der Waals surface area contributed by atoms with Crippen LogP contribution < -0.4 is 26.6 Å². The second kappa shape index (κ2) is 14.8. The number of benzene rings is 1. The van der Waals surface area contributed by atoms with E-state index in [1.165, 1.54) is 17.0 Å². The summed E-state index contributed by atoms with van der Waals surface area (Å²) in [4.78, 5) is 78.4. The Bertz CT molecular complexity index is 1210.